The topological polar surface area (TPSA) is 25.2 Å². The maximum Gasteiger partial charge on any atom is 0.136 e. The van der Waals surface area contributed by atoms with E-state index in [1.807, 2.05) is 0 Å². The molecule has 9 rings (SSSR count). The Balaban J connectivity index is 1.23. The fourth-order valence-corrected chi connectivity index (χ4v) is 7.63. The van der Waals surface area contributed by atoms with Crippen LogP contribution in [0.2, 0.25) is 0 Å². The summed E-state index contributed by atoms with van der Waals surface area (Å²) in [4.78, 5) is 0. The molecule has 0 saturated heterocycles. The zero-order chi connectivity index (χ0) is 30.6. The highest BCUT2D eigenvalue weighted by molar-refractivity contribution is 6.34. The maximum absolute atomic E-state index is 6.33. The molecule has 2 nitrogen and oxygen atoms in total. The van der Waals surface area contributed by atoms with Crippen molar-refractivity contribution in [3.63, 3.8) is 0 Å². The van der Waals surface area contributed by atoms with Gasteiger partial charge in [0.25, 0.3) is 0 Å². The van der Waals surface area contributed by atoms with E-state index in [0.717, 1.165) is 23.3 Å². The Bertz CT molecular complexity index is 2430. The second-order valence-electron chi connectivity index (χ2n) is 12.4. The first-order chi connectivity index (χ1) is 22.8. The van der Waals surface area contributed by atoms with Crippen molar-refractivity contribution in [2.45, 2.75) is 19.4 Å². The van der Waals surface area contributed by atoms with Gasteiger partial charge in [-0.05, 0) is 85.6 Å². The number of fused-ring (bicyclic) bond motifs is 3. The molecular weight excluding hydrogens is 558 g/mol. The average Bonchev–Trinajstić information content (AvgIpc) is 3.40. The molecule has 2 atom stereocenters. The number of rotatable bonds is 5. The molecule has 46 heavy (non-hydrogen) atoms. The zero-order valence-electron chi connectivity index (χ0n) is 25.7. The largest absolute Gasteiger partial charge is 0.456 e. The van der Waals surface area contributed by atoms with E-state index in [9.17, 15) is 0 Å². The van der Waals surface area contributed by atoms with Gasteiger partial charge in [0.2, 0.25) is 0 Å². The van der Waals surface area contributed by atoms with Gasteiger partial charge in [-0.3, -0.25) is 0 Å². The van der Waals surface area contributed by atoms with Crippen LogP contribution in [-0.2, 0) is 0 Å². The van der Waals surface area contributed by atoms with E-state index in [0.29, 0.717) is 5.92 Å². The van der Waals surface area contributed by atoms with Crippen LogP contribution in [0.15, 0.2) is 156 Å². The number of furan rings is 1. The maximum atomic E-state index is 6.33. The van der Waals surface area contributed by atoms with E-state index in [1.165, 1.54) is 65.7 Å². The molecule has 0 amide bonds. The Morgan fingerprint density at radius 1 is 0.565 bits per heavy atom. The minimum atomic E-state index is 0.106. The Morgan fingerprint density at radius 2 is 1.17 bits per heavy atom. The molecule has 0 radical (unpaired) electrons. The molecule has 1 aliphatic heterocycles. The summed E-state index contributed by atoms with van der Waals surface area (Å²) in [5, 5.41) is 11.5. The van der Waals surface area contributed by atoms with E-state index >= 15 is 0 Å². The van der Waals surface area contributed by atoms with Crippen molar-refractivity contribution in [2.24, 2.45) is 5.92 Å². The van der Waals surface area contributed by atoms with Gasteiger partial charge in [-0.2, -0.15) is 0 Å². The Morgan fingerprint density at radius 3 is 1.91 bits per heavy atom. The second-order valence-corrected chi connectivity index (χ2v) is 12.4. The third-order valence-electron chi connectivity index (χ3n) is 9.80. The Kier molecular flexibility index (Phi) is 6.28. The van der Waals surface area contributed by atoms with Crippen molar-refractivity contribution in [1.29, 1.82) is 0 Å². The molecule has 1 N–H and O–H groups in total. The van der Waals surface area contributed by atoms with Crippen molar-refractivity contribution < 1.29 is 4.42 Å². The molecule has 7 aromatic carbocycles. The van der Waals surface area contributed by atoms with Gasteiger partial charge >= 0.3 is 0 Å². The number of benzene rings is 7. The lowest BCUT2D eigenvalue weighted by molar-refractivity contribution is 0.464. The Hall–Kier alpha value is -5.60. The lowest BCUT2D eigenvalue weighted by Crippen LogP contribution is -2.25. The first-order valence-corrected chi connectivity index (χ1v) is 16.3. The summed E-state index contributed by atoms with van der Waals surface area (Å²) >= 11 is 0. The third kappa shape index (κ3) is 4.25. The molecule has 1 aliphatic rings. The van der Waals surface area contributed by atoms with Crippen LogP contribution in [0.1, 0.15) is 36.1 Å². The second kappa shape index (κ2) is 10.8. The normalized spacial score (nSPS) is 16.9. The number of hydrogen-bond donors (Lipinski definition) is 1. The molecule has 0 spiro atoms. The molecule has 0 fully saturated rings. The highest BCUT2D eigenvalue weighted by Crippen LogP contribution is 2.45. The summed E-state index contributed by atoms with van der Waals surface area (Å²) in [5.41, 5.74) is 10.5. The van der Waals surface area contributed by atoms with Gasteiger partial charge in [-0.15, -0.1) is 0 Å². The van der Waals surface area contributed by atoms with E-state index in [-0.39, 0.29) is 6.04 Å². The summed E-state index contributed by atoms with van der Waals surface area (Å²) in [5.74, 6) is 0.299. The highest BCUT2D eigenvalue weighted by atomic mass is 16.3. The zero-order valence-corrected chi connectivity index (χ0v) is 25.7. The molecule has 220 valence electrons. The predicted molar refractivity (Wildman–Crippen MR) is 194 cm³/mol. The molecule has 0 bridgehead atoms. The highest BCUT2D eigenvalue weighted by Gasteiger charge is 2.26. The molecule has 0 aliphatic carbocycles. The summed E-state index contributed by atoms with van der Waals surface area (Å²) < 4.78 is 6.33. The van der Waals surface area contributed by atoms with Crippen LogP contribution >= 0.6 is 0 Å². The fraction of sp³-hybridized carbons (Fsp3) is 0.0909. The molecule has 8 aromatic rings. The fourth-order valence-electron chi connectivity index (χ4n) is 7.63. The summed E-state index contributed by atoms with van der Waals surface area (Å²) in [6.45, 7) is 2.30. The average molecular weight is 592 g/mol. The van der Waals surface area contributed by atoms with E-state index in [2.05, 4.69) is 164 Å². The van der Waals surface area contributed by atoms with Crippen molar-refractivity contribution in [1.82, 2.24) is 5.32 Å². The van der Waals surface area contributed by atoms with Gasteiger partial charge in [0.1, 0.15) is 11.2 Å². The minimum Gasteiger partial charge on any atom is -0.456 e. The van der Waals surface area contributed by atoms with Gasteiger partial charge in [-0.1, -0.05) is 134 Å². The SMILES string of the molecule is CCC1C=C(c2ccccc2)C=C(c2ccccc2)NC1c1cccc(-c2cccc3c4cccc5oc6cccc(c23)c6c54)c1. The molecule has 2 heterocycles. The van der Waals surface area contributed by atoms with Crippen molar-refractivity contribution in [3.05, 3.63) is 168 Å². The monoisotopic (exact) mass is 591 g/mol. The van der Waals surface area contributed by atoms with Gasteiger partial charge in [0, 0.05) is 22.4 Å². The van der Waals surface area contributed by atoms with Crippen LogP contribution in [-0.4, -0.2) is 0 Å². The summed E-state index contributed by atoms with van der Waals surface area (Å²) in [6, 6.07) is 50.4. The minimum absolute atomic E-state index is 0.106. The summed E-state index contributed by atoms with van der Waals surface area (Å²) in [6.07, 6.45) is 5.82. The van der Waals surface area contributed by atoms with Crippen LogP contribution in [0.4, 0.5) is 0 Å². The van der Waals surface area contributed by atoms with Gasteiger partial charge < -0.3 is 9.73 Å². The standard InChI is InChI=1S/C44H33NO/c1-2-28-25-33(29-13-5-3-6-14-29)27-38(30-15-7-4-8-16-30)45-44(28)32-18-9-17-31(26-32)34-19-10-20-35-36-21-11-23-39-42(36)43-37(41(34)35)22-12-24-40(43)46-39/h3-28,44-45H,2H2,1H3. The number of hydrogen-bond acceptors (Lipinski definition) is 2. The third-order valence-corrected chi connectivity index (χ3v) is 9.80. The first kappa shape index (κ1) is 26.8. The Labute approximate surface area is 268 Å². The van der Waals surface area contributed by atoms with Crippen LogP contribution in [0.3, 0.4) is 0 Å². The lowest BCUT2D eigenvalue weighted by atomic mass is 9.86. The van der Waals surface area contributed by atoms with Crippen LogP contribution in [0, 0.1) is 5.92 Å². The molecule has 1 aromatic heterocycles. The molecular formula is C44H33NO. The van der Waals surface area contributed by atoms with Crippen LogP contribution in [0.25, 0.3) is 65.9 Å². The van der Waals surface area contributed by atoms with Gasteiger partial charge in [0.05, 0.1) is 6.04 Å². The van der Waals surface area contributed by atoms with Gasteiger partial charge in [0.15, 0.2) is 0 Å². The predicted octanol–water partition coefficient (Wildman–Crippen LogP) is 11.8. The van der Waals surface area contributed by atoms with E-state index in [4.69, 9.17) is 4.42 Å². The van der Waals surface area contributed by atoms with Crippen LogP contribution < -0.4 is 5.32 Å². The van der Waals surface area contributed by atoms with Crippen molar-refractivity contribution in [3.8, 4) is 11.1 Å². The number of allylic oxidation sites excluding steroid dienone is 2. The molecule has 0 saturated carbocycles. The smallest absolute Gasteiger partial charge is 0.136 e. The first-order valence-electron chi connectivity index (χ1n) is 16.3. The van der Waals surface area contributed by atoms with Crippen LogP contribution in [0.5, 0.6) is 0 Å². The number of nitrogens with one attached hydrogen (secondary N) is 1. The molecule has 2 heteroatoms. The quantitative estimate of drug-likeness (QED) is 0.201. The van der Waals surface area contributed by atoms with Gasteiger partial charge in [-0.25, -0.2) is 0 Å². The molecule has 2 unspecified atom stereocenters. The van der Waals surface area contributed by atoms with Crippen molar-refractivity contribution in [2.75, 3.05) is 0 Å². The van der Waals surface area contributed by atoms with E-state index < -0.39 is 0 Å². The van der Waals surface area contributed by atoms with Crippen molar-refractivity contribution >= 4 is 54.8 Å². The lowest BCUT2D eigenvalue weighted by Gasteiger charge is -2.27. The van der Waals surface area contributed by atoms with E-state index in [1.54, 1.807) is 0 Å². The summed E-state index contributed by atoms with van der Waals surface area (Å²) in [7, 11) is 0.